The second-order valence-corrected chi connectivity index (χ2v) is 6.82. The molecule has 1 aromatic carbocycles. The second-order valence-electron chi connectivity index (χ2n) is 5.87. The quantitative estimate of drug-likeness (QED) is 0.797. The first kappa shape index (κ1) is 13.0. The van der Waals surface area contributed by atoms with E-state index in [0.717, 1.165) is 12.2 Å². The van der Waals surface area contributed by atoms with Gasteiger partial charge in [0.25, 0.3) is 0 Å². The first-order valence-electron chi connectivity index (χ1n) is 7.43. The summed E-state index contributed by atoms with van der Waals surface area (Å²) in [6, 6.07) is 8.98. The summed E-state index contributed by atoms with van der Waals surface area (Å²) in [6.07, 6.45) is 5.86. The van der Waals surface area contributed by atoms with Crippen molar-refractivity contribution >= 4 is 17.0 Å². The van der Waals surface area contributed by atoms with Crippen LogP contribution in [-0.2, 0) is 0 Å². The molecular formula is C18H19NOS. The van der Waals surface area contributed by atoms with E-state index in [0.29, 0.717) is 17.9 Å². The van der Waals surface area contributed by atoms with Crippen LogP contribution in [0.4, 0.5) is 5.69 Å². The van der Waals surface area contributed by atoms with Crippen LogP contribution >= 0.6 is 11.3 Å². The summed E-state index contributed by atoms with van der Waals surface area (Å²) >= 11 is 1.86. The molecule has 3 atom stereocenters. The fourth-order valence-corrected chi connectivity index (χ4v) is 4.78. The van der Waals surface area contributed by atoms with Gasteiger partial charge in [-0.1, -0.05) is 24.3 Å². The van der Waals surface area contributed by atoms with Crippen molar-refractivity contribution < 1.29 is 4.74 Å². The molecule has 0 spiro atoms. The first-order chi connectivity index (χ1) is 10.3. The molecule has 0 bridgehead atoms. The first-order valence-corrected chi connectivity index (χ1v) is 8.31. The Bertz CT molecular complexity index is 703. The lowest BCUT2D eigenvalue weighted by Crippen LogP contribution is -2.29. The van der Waals surface area contributed by atoms with E-state index in [1.807, 2.05) is 17.4 Å². The number of rotatable bonds is 2. The van der Waals surface area contributed by atoms with E-state index in [4.69, 9.17) is 4.74 Å². The third-order valence-corrected chi connectivity index (χ3v) is 5.86. The number of methoxy groups -OCH3 is 1. The Morgan fingerprint density at radius 1 is 1.29 bits per heavy atom. The van der Waals surface area contributed by atoms with Crippen LogP contribution in [0.5, 0.6) is 5.75 Å². The van der Waals surface area contributed by atoms with Gasteiger partial charge in [0.1, 0.15) is 5.75 Å². The van der Waals surface area contributed by atoms with Crippen molar-refractivity contribution in [2.45, 2.75) is 25.3 Å². The lowest BCUT2D eigenvalue weighted by atomic mass is 9.78. The number of hydrogen-bond acceptors (Lipinski definition) is 3. The van der Waals surface area contributed by atoms with Crippen LogP contribution < -0.4 is 10.1 Å². The molecule has 4 rings (SSSR count). The van der Waals surface area contributed by atoms with E-state index < -0.39 is 0 Å². The van der Waals surface area contributed by atoms with Gasteiger partial charge in [-0.05, 0) is 47.9 Å². The minimum atomic E-state index is 0.383. The normalized spacial score (nSPS) is 26.1. The zero-order valence-corrected chi connectivity index (χ0v) is 13.1. The van der Waals surface area contributed by atoms with Crippen molar-refractivity contribution in [2.24, 2.45) is 5.92 Å². The number of ether oxygens (including phenoxy) is 1. The van der Waals surface area contributed by atoms with Crippen LogP contribution in [-0.4, -0.2) is 7.11 Å². The number of anilines is 1. The van der Waals surface area contributed by atoms with Crippen molar-refractivity contribution in [1.29, 1.82) is 0 Å². The van der Waals surface area contributed by atoms with Gasteiger partial charge in [0.2, 0.25) is 0 Å². The molecule has 2 nitrogen and oxygen atoms in total. The SMILES string of the molecule is COc1cccc2c1NC(c1sccc1C)C1CC=CC21. The maximum atomic E-state index is 5.57. The predicted octanol–water partition coefficient (Wildman–Crippen LogP) is 4.89. The van der Waals surface area contributed by atoms with Gasteiger partial charge >= 0.3 is 0 Å². The molecule has 1 aromatic heterocycles. The molecule has 2 heterocycles. The molecule has 0 saturated heterocycles. The summed E-state index contributed by atoms with van der Waals surface area (Å²) in [6.45, 7) is 2.21. The Balaban J connectivity index is 1.85. The standard InChI is InChI=1S/C18H19NOS/c1-11-9-10-21-18(11)17-14-6-3-5-12(14)13-7-4-8-15(20-2)16(13)19-17/h3-5,7-10,12,14,17,19H,6H2,1-2H3. The maximum Gasteiger partial charge on any atom is 0.142 e. The molecule has 2 aliphatic rings. The smallest absolute Gasteiger partial charge is 0.142 e. The Hall–Kier alpha value is -1.74. The summed E-state index contributed by atoms with van der Waals surface area (Å²) in [5, 5.41) is 5.97. The number of nitrogens with one attached hydrogen (secondary N) is 1. The van der Waals surface area contributed by atoms with Crippen molar-refractivity contribution in [3.63, 3.8) is 0 Å². The highest BCUT2D eigenvalue weighted by atomic mass is 32.1. The van der Waals surface area contributed by atoms with Gasteiger partial charge in [-0.2, -0.15) is 0 Å². The molecule has 0 fully saturated rings. The fourth-order valence-electron chi connectivity index (χ4n) is 3.73. The van der Waals surface area contributed by atoms with E-state index in [1.54, 1.807) is 7.11 Å². The van der Waals surface area contributed by atoms with Gasteiger partial charge in [-0.3, -0.25) is 0 Å². The van der Waals surface area contributed by atoms with E-state index in [-0.39, 0.29) is 0 Å². The summed E-state index contributed by atoms with van der Waals surface area (Å²) in [4.78, 5) is 1.46. The van der Waals surface area contributed by atoms with Crippen molar-refractivity contribution in [3.05, 3.63) is 57.8 Å². The third-order valence-electron chi connectivity index (χ3n) is 4.76. The summed E-state index contributed by atoms with van der Waals surface area (Å²) in [5.74, 6) is 2.07. The Labute approximate surface area is 129 Å². The van der Waals surface area contributed by atoms with Gasteiger partial charge in [0.05, 0.1) is 18.8 Å². The maximum absolute atomic E-state index is 5.57. The van der Waals surface area contributed by atoms with E-state index in [1.165, 1.54) is 21.7 Å². The predicted molar refractivity (Wildman–Crippen MR) is 88.4 cm³/mol. The molecular weight excluding hydrogens is 278 g/mol. The second kappa shape index (κ2) is 4.92. The van der Waals surface area contributed by atoms with E-state index in [2.05, 4.69) is 48.0 Å². The highest BCUT2D eigenvalue weighted by molar-refractivity contribution is 7.10. The zero-order valence-electron chi connectivity index (χ0n) is 12.3. The topological polar surface area (TPSA) is 21.3 Å². The van der Waals surface area contributed by atoms with Crippen LogP contribution in [0.2, 0.25) is 0 Å². The highest BCUT2D eigenvalue weighted by Crippen LogP contribution is 2.53. The van der Waals surface area contributed by atoms with Crippen LogP contribution in [0.3, 0.4) is 0 Å². The van der Waals surface area contributed by atoms with Gasteiger partial charge in [0.15, 0.2) is 0 Å². The molecule has 3 unspecified atom stereocenters. The number of thiophene rings is 1. The average Bonchev–Trinajstić information content (AvgIpc) is 3.14. The number of allylic oxidation sites excluding steroid dienone is 2. The van der Waals surface area contributed by atoms with Gasteiger partial charge in [-0.15, -0.1) is 11.3 Å². The molecule has 0 amide bonds. The van der Waals surface area contributed by atoms with Gasteiger partial charge in [0, 0.05) is 10.8 Å². The van der Waals surface area contributed by atoms with Crippen LogP contribution in [0, 0.1) is 12.8 Å². The van der Waals surface area contributed by atoms with Crippen molar-refractivity contribution in [3.8, 4) is 5.75 Å². The lowest BCUT2D eigenvalue weighted by Gasteiger charge is -2.37. The summed E-state index contributed by atoms with van der Waals surface area (Å²) < 4.78 is 5.57. The number of benzene rings is 1. The number of hydrogen-bond donors (Lipinski definition) is 1. The molecule has 2 aromatic rings. The third kappa shape index (κ3) is 1.91. The van der Waals surface area contributed by atoms with Crippen molar-refractivity contribution in [2.75, 3.05) is 12.4 Å². The molecule has 0 radical (unpaired) electrons. The van der Waals surface area contributed by atoms with E-state index >= 15 is 0 Å². The van der Waals surface area contributed by atoms with Crippen LogP contribution in [0.15, 0.2) is 41.8 Å². The van der Waals surface area contributed by atoms with Crippen LogP contribution in [0.25, 0.3) is 0 Å². The Morgan fingerprint density at radius 3 is 2.95 bits per heavy atom. The van der Waals surface area contributed by atoms with Gasteiger partial charge in [-0.25, -0.2) is 0 Å². The molecule has 1 aliphatic carbocycles. The van der Waals surface area contributed by atoms with Gasteiger partial charge < -0.3 is 10.1 Å². The van der Waals surface area contributed by atoms with Crippen molar-refractivity contribution in [1.82, 2.24) is 0 Å². The molecule has 1 aliphatic heterocycles. The monoisotopic (exact) mass is 297 g/mol. The summed E-state index contributed by atoms with van der Waals surface area (Å²) in [7, 11) is 1.75. The minimum absolute atomic E-state index is 0.383. The summed E-state index contributed by atoms with van der Waals surface area (Å²) in [5.41, 5.74) is 3.94. The Morgan fingerprint density at radius 2 is 2.19 bits per heavy atom. The highest BCUT2D eigenvalue weighted by Gasteiger charge is 2.39. The Kier molecular flexibility index (Phi) is 3.03. The lowest BCUT2D eigenvalue weighted by molar-refractivity contribution is 0.398. The van der Waals surface area contributed by atoms with Crippen LogP contribution in [0.1, 0.15) is 34.4 Å². The number of fused-ring (bicyclic) bond motifs is 3. The average molecular weight is 297 g/mol. The van der Waals surface area contributed by atoms with E-state index in [9.17, 15) is 0 Å². The molecule has 3 heteroatoms. The molecule has 1 N–H and O–H groups in total. The largest absolute Gasteiger partial charge is 0.495 e. The fraction of sp³-hybridized carbons (Fsp3) is 0.333. The zero-order chi connectivity index (χ0) is 14.4. The molecule has 0 saturated carbocycles. The molecule has 21 heavy (non-hydrogen) atoms. The number of para-hydroxylation sites is 1. The number of aryl methyl sites for hydroxylation is 1. The molecule has 108 valence electrons. The minimum Gasteiger partial charge on any atom is -0.495 e.